The summed E-state index contributed by atoms with van der Waals surface area (Å²) in [4.78, 5) is 12.8. The molecule has 0 aliphatic carbocycles. The molecule has 2 atom stereocenters. The normalized spacial score (nSPS) is 12.7. The lowest BCUT2D eigenvalue weighted by Gasteiger charge is -2.18. The number of rotatable bonds is 10. The number of aromatic nitrogens is 2. The van der Waals surface area contributed by atoms with Crippen molar-refractivity contribution in [3.63, 3.8) is 0 Å². The third-order valence-electron chi connectivity index (χ3n) is 6.43. The molecule has 4 rings (SSSR count). The van der Waals surface area contributed by atoms with Crippen molar-refractivity contribution in [1.29, 1.82) is 0 Å². The summed E-state index contributed by atoms with van der Waals surface area (Å²) in [6.07, 6.45) is 3.67. The summed E-state index contributed by atoms with van der Waals surface area (Å²) in [6.45, 7) is 6.72. The van der Waals surface area contributed by atoms with Crippen molar-refractivity contribution in [2.45, 2.75) is 52.3 Å². The van der Waals surface area contributed by atoms with E-state index in [1.165, 1.54) is 11.1 Å². The Morgan fingerprint density at radius 3 is 2.17 bits per heavy atom. The van der Waals surface area contributed by atoms with Gasteiger partial charge in [-0.3, -0.25) is 4.79 Å². The van der Waals surface area contributed by atoms with E-state index in [-0.39, 0.29) is 18.7 Å². The molecule has 1 amide bonds. The molecular formula is C30H33N3O2. The van der Waals surface area contributed by atoms with Gasteiger partial charge in [0.1, 0.15) is 11.4 Å². The minimum atomic E-state index is -0.186. The fourth-order valence-corrected chi connectivity index (χ4v) is 4.02. The van der Waals surface area contributed by atoms with Gasteiger partial charge in [-0.25, -0.2) is 4.68 Å². The van der Waals surface area contributed by atoms with Crippen LogP contribution in [0, 0.1) is 0 Å². The summed E-state index contributed by atoms with van der Waals surface area (Å²) in [5.74, 6) is 1.10. The van der Waals surface area contributed by atoms with Gasteiger partial charge in [0.15, 0.2) is 6.73 Å². The number of carbonyl (C=O) groups excluding carboxylic acids is 1. The zero-order valence-corrected chi connectivity index (χ0v) is 20.6. The lowest BCUT2D eigenvalue weighted by atomic mass is 9.95. The third kappa shape index (κ3) is 6.18. The maximum absolute atomic E-state index is 12.8. The molecule has 180 valence electrons. The first kappa shape index (κ1) is 24.3. The predicted molar refractivity (Wildman–Crippen MR) is 140 cm³/mol. The van der Waals surface area contributed by atoms with Crippen molar-refractivity contribution in [1.82, 2.24) is 15.1 Å². The number of amides is 1. The topological polar surface area (TPSA) is 56.2 Å². The Balaban J connectivity index is 1.33. The van der Waals surface area contributed by atoms with Crippen LogP contribution >= 0.6 is 0 Å². The first-order valence-electron chi connectivity index (χ1n) is 12.3. The molecule has 5 nitrogen and oxygen atoms in total. The molecule has 1 aromatic heterocycles. The maximum Gasteiger partial charge on any atom is 0.272 e. The molecule has 1 N–H and O–H groups in total. The van der Waals surface area contributed by atoms with Gasteiger partial charge >= 0.3 is 0 Å². The van der Waals surface area contributed by atoms with Crippen LogP contribution in [0.4, 0.5) is 0 Å². The van der Waals surface area contributed by atoms with Gasteiger partial charge in [-0.15, -0.1) is 0 Å². The van der Waals surface area contributed by atoms with Gasteiger partial charge in [-0.05, 0) is 59.2 Å². The SMILES string of the molecule is CCC(C)c1ccc(C(CC)NC(=O)c2ccn(COc3ccc(-c4ccccc4)cc3)n2)cc1. The van der Waals surface area contributed by atoms with Gasteiger partial charge in [0, 0.05) is 6.20 Å². The Morgan fingerprint density at radius 1 is 0.857 bits per heavy atom. The Hall–Kier alpha value is -3.86. The second-order valence-electron chi connectivity index (χ2n) is 8.81. The first-order valence-corrected chi connectivity index (χ1v) is 12.3. The summed E-state index contributed by atoms with van der Waals surface area (Å²) in [7, 11) is 0. The summed E-state index contributed by atoms with van der Waals surface area (Å²) >= 11 is 0. The van der Waals surface area contributed by atoms with Crippen LogP contribution in [-0.4, -0.2) is 15.7 Å². The lowest BCUT2D eigenvalue weighted by Crippen LogP contribution is -2.28. The summed E-state index contributed by atoms with van der Waals surface area (Å²) < 4.78 is 7.48. The van der Waals surface area contributed by atoms with E-state index in [1.54, 1.807) is 16.9 Å². The number of nitrogens with one attached hydrogen (secondary N) is 1. The molecule has 0 saturated carbocycles. The van der Waals surface area contributed by atoms with E-state index in [9.17, 15) is 4.79 Å². The van der Waals surface area contributed by atoms with E-state index < -0.39 is 0 Å². The molecule has 0 saturated heterocycles. The van der Waals surface area contributed by atoms with Crippen LogP contribution in [0.5, 0.6) is 5.75 Å². The van der Waals surface area contributed by atoms with Crippen LogP contribution in [0.15, 0.2) is 91.1 Å². The third-order valence-corrected chi connectivity index (χ3v) is 6.43. The van der Waals surface area contributed by atoms with E-state index >= 15 is 0 Å². The van der Waals surface area contributed by atoms with Crippen molar-refractivity contribution in [2.24, 2.45) is 0 Å². The maximum atomic E-state index is 12.8. The first-order chi connectivity index (χ1) is 17.1. The van der Waals surface area contributed by atoms with Gasteiger partial charge in [0.2, 0.25) is 0 Å². The Morgan fingerprint density at radius 2 is 1.51 bits per heavy atom. The Labute approximate surface area is 207 Å². The molecular weight excluding hydrogens is 434 g/mol. The second-order valence-corrected chi connectivity index (χ2v) is 8.81. The number of hydrogen-bond donors (Lipinski definition) is 1. The summed E-state index contributed by atoms with van der Waals surface area (Å²) in [5, 5.41) is 7.51. The molecule has 0 fully saturated rings. The molecule has 5 heteroatoms. The highest BCUT2D eigenvalue weighted by Gasteiger charge is 2.17. The molecule has 4 aromatic rings. The van der Waals surface area contributed by atoms with E-state index in [1.807, 2.05) is 42.5 Å². The fourth-order valence-electron chi connectivity index (χ4n) is 4.02. The van der Waals surface area contributed by atoms with E-state index in [0.29, 0.717) is 11.6 Å². The van der Waals surface area contributed by atoms with E-state index in [2.05, 4.69) is 67.6 Å². The Kier molecular flexibility index (Phi) is 7.99. The summed E-state index contributed by atoms with van der Waals surface area (Å²) in [6, 6.07) is 28.4. The van der Waals surface area contributed by atoms with Crippen LogP contribution in [0.1, 0.15) is 67.2 Å². The molecule has 35 heavy (non-hydrogen) atoms. The second kappa shape index (κ2) is 11.5. The van der Waals surface area contributed by atoms with E-state index in [0.717, 1.165) is 29.7 Å². The minimum absolute atomic E-state index is 0.0574. The van der Waals surface area contributed by atoms with Crippen molar-refractivity contribution in [3.8, 4) is 16.9 Å². The molecule has 0 bridgehead atoms. The smallest absolute Gasteiger partial charge is 0.272 e. The number of hydrogen-bond acceptors (Lipinski definition) is 3. The molecule has 0 spiro atoms. The van der Waals surface area contributed by atoms with Crippen LogP contribution < -0.4 is 10.1 Å². The molecule has 1 heterocycles. The fraction of sp³-hybridized carbons (Fsp3) is 0.267. The van der Waals surface area contributed by atoms with Crippen LogP contribution in [0.2, 0.25) is 0 Å². The van der Waals surface area contributed by atoms with Crippen molar-refractivity contribution in [3.05, 3.63) is 108 Å². The molecule has 0 radical (unpaired) electrons. The molecule has 3 aromatic carbocycles. The minimum Gasteiger partial charge on any atom is -0.471 e. The summed E-state index contributed by atoms with van der Waals surface area (Å²) in [5.41, 5.74) is 5.11. The van der Waals surface area contributed by atoms with E-state index in [4.69, 9.17) is 4.74 Å². The van der Waals surface area contributed by atoms with Gasteiger partial charge in [-0.1, -0.05) is 87.5 Å². The van der Waals surface area contributed by atoms with Crippen LogP contribution in [0.25, 0.3) is 11.1 Å². The van der Waals surface area contributed by atoms with Crippen molar-refractivity contribution < 1.29 is 9.53 Å². The van der Waals surface area contributed by atoms with Gasteiger partial charge in [0.25, 0.3) is 5.91 Å². The predicted octanol–water partition coefficient (Wildman–Crippen LogP) is 6.98. The monoisotopic (exact) mass is 467 g/mol. The molecule has 0 aliphatic heterocycles. The highest BCUT2D eigenvalue weighted by Crippen LogP contribution is 2.24. The number of nitrogens with zero attached hydrogens (tertiary/aromatic N) is 2. The quantitative estimate of drug-likeness (QED) is 0.274. The molecule has 0 aliphatic rings. The highest BCUT2D eigenvalue weighted by molar-refractivity contribution is 5.92. The van der Waals surface area contributed by atoms with Gasteiger partial charge in [0.05, 0.1) is 6.04 Å². The number of ether oxygens (including phenoxy) is 1. The van der Waals surface area contributed by atoms with Gasteiger partial charge < -0.3 is 10.1 Å². The zero-order chi connectivity index (χ0) is 24.6. The van der Waals surface area contributed by atoms with Crippen LogP contribution in [0.3, 0.4) is 0 Å². The molecule has 2 unspecified atom stereocenters. The number of carbonyl (C=O) groups is 1. The largest absolute Gasteiger partial charge is 0.471 e. The van der Waals surface area contributed by atoms with Crippen LogP contribution in [-0.2, 0) is 6.73 Å². The van der Waals surface area contributed by atoms with Crippen molar-refractivity contribution >= 4 is 5.91 Å². The average Bonchev–Trinajstić information content (AvgIpc) is 3.40. The highest BCUT2D eigenvalue weighted by atomic mass is 16.5. The average molecular weight is 468 g/mol. The van der Waals surface area contributed by atoms with Gasteiger partial charge in [-0.2, -0.15) is 5.10 Å². The standard InChI is InChI=1S/C30H33N3O2/c1-4-22(3)23-11-13-26(14-12-23)28(5-2)31-30(34)29-19-20-33(32-29)21-35-27-17-15-25(16-18-27)24-9-7-6-8-10-24/h6-20,22,28H,4-5,21H2,1-3H3,(H,31,34). The Bertz CT molecular complexity index is 1210. The lowest BCUT2D eigenvalue weighted by molar-refractivity contribution is 0.0928. The van der Waals surface area contributed by atoms with Crippen molar-refractivity contribution in [2.75, 3.05) is 0 Å². The number of benzene rings is 3. The zero-order valence-electron chi connectivity index (χ0n) is 20.6.